The highest BCUT2D eigenvalue weighted by Gasteiger charge is 2.11. The van der Waals surface area contributed by atoms with Gasteiger partial charge in [0.2, 0.25) is 0 Å². The largest absolute Gasteiger partial charge is 0.309 e. The van der Waals surface area contributed by atoms with E-state index >= 15 is 0 Å². The molecular weight excluding hydrogens is 268 g/mol. The van der Waals surface area contributed by atoms with Crippen molar-refractivity contribution in [1.82, 2.24) is 10.3 Å². The highest BCUT2D eigenvalue weighted by Crippen LogP contribution is 2.20. The number of pyridine rings is 1. The topological polar surface area (TPSA) is 24.9 Å². The summed E-state index contributed by atoms with van der Waals surface area (Å²) < 4.78 is 0. The molecule has 1 N–H and O–H groups in total. The smallest absolute Gasteiger partial charge is 0.0589 e. The summed E-state index contributed by atoms with van der Waals surface area (Å²) in [4.78, 5) is 4.47. The summed E-state index contributed by atoms with van der Waals surface area (Å²) in [5.41, 5.74) is 1.12. The van der Waals surface area contributed by atoms with Crippen molar-refractivity contribution in [3.63, 3.8) is 0 Å². The van der Waals surface area contributed by atoms with E-state index in [-0.39, 0.29) is 0 Å². The summed E-state index contributed by atoms with van der Waals surface area (Å²) in [6.45, 7) is 5.51. The molecule has 3 heteroatoms. The normalized spacial score (nSPS) is 12.6. The van der Waals surface area contributed by atoms with Crippen molar-refractivity contribution in [3.05, 3.63) is 29.0 Å². The molecule has 1 heterocycles. The zero-order valence-electron chi connectivity index (χ0n) is 13.0. The fourth-order valence-corrected chi connectivity index (χ4v) is 2.51. The molecular formula is C17H29ClN2. The molecule has 0 spiro atoms. The van der Waals surface area contributed by atoms with Crippen molar-refractivity contribution in [2.24, 2.45) is 0 Å². The predicted octanol–water partition coefficient (Wildman–Crippen LogP) is 5.53. The molecule has 1 rings (SSSR count). The van der Waals surface area contributed by atoms with Crippen LogP contribution in [0.25, 0.3) is 0 Å². The fraction of sp³-hybridized carbons (Fsp3) is 0.706. The molecule has 0 aromatic carbocycles. The minimum atomic E-state index is 0.374. The lowest BCUT2D eigenvalue weighted by atomic mass is 10.0. The lowest BCUT2D eigenvalue weighted by Crippen LogP contribution is -2.23. The minimum Gasteiger partial charge on any atom is -0.309 e. The molecule has 0 bridgehead atoms. The SMILES string of the molecule is CCCCCCCCC(NCCC)c1ccc(Cl)cn1. The van der Waals surface area contributed by atoms with E-state index in [4.69, 9.17) is 11.6 Å². The molecule has 1 unspecified atom stereocenters. The molecule has 1 aromatic rings. The van der Waals surface area contributed by atoms with Gasteiger partial charge in [0.25, 0.3) is 0 Å². The summed E-state index contributed by atoms with van der Waals surface area (Å²) in [5.74, 6) is 0. The molecule has 2 nitrogen and oxygen atoms in total. The third kappa shape index (κ3) is 7.25. The average molecular weight is 297 g/mol. The maximum Gasteiger partial charge on any atom is 0.0589 e. The van der Waals surface area contributed by atoms with Gasteiger partial charge in [0.05, 0.1) is 10.7 Å². The highest BCUT2D eigenvalue weighted by molar-refractivity contribution is 6.30. The maximum atomic E-state index is 5.91. The van der Waals surface area contributed by atoms with Crippen molar-refractivity contribution in [3.8, 4) is 0 Å². The first kappa shape index (κ1) is 17.5. The van der Waals surface area contributed by atoms with E-state index in [1.165, 1.54) is 44.9 Å². The van der Waals surface area contributed by atoms with Gasteiger partial charge in [-0.2, -0.15) is 0 Å². The van der Waals surface area contributed by atoms with Crippen LogP contribution in [0.1, 0.15) is 76.9 Å². The summed E-state index contributed by atoms with van der Waals surface area (Å²) in [6, 6.07) is 4.36. The van der Waals surface area contributed by atoms with Crippen LogP contribution in [0, 0.1) is 0 Å². The first-order valence-electron chi connectivity index (χ1n) is 8.12. The van der Waals surface area contributed by atoms with Crippen LogP contribution in [-0.4, -0.2) is 11.5 Å². The third-order valence-corrected chi connectivity index (χ3v) is 3.82. The summed E-state index contributed by atoms with van der Waals surface area (Å²) in [7, 11) is 0. The molecule has 20 heavy (non-hydrogen) atoms. The van der Waals surface area contributed by atoms with Crippen molar-refractivity contribution >= 4 is 11.6 Å². The number of halogens is 1. The fourth-order valence-electron chi connectivity index (χ4n) is 2.40. The summed E-state index contributed by atoms with van der Waals surface area (Å²) in [6.07, 6.45) is 12.1. The van der Waals surface area contributed by atoms with Crippen LogP contribution in [0.5, 0.6) is 0 Å². The number of hydrogen-bond acceptors (Lipinski definition) is 2. The van der Waals surface area contributed by atoms with Gasteiger partial charge in [0.15, 0.2) is 0 Å². The van der Waals surface area contributed by atoms with Crippen LogP contribution >= 0.6 is 11.6 Å². The molecule has 0 radical (unpaired) electrons. The first-order valence-corrected chi connectivity index (χ1v) is 8.50. The second-order valence-electron chi connectivity index (χ2n) is 5.46. The average Bonchev–Trinajstić information content (AvgIpc) is 2.47. The molecule has 0 aliphatic heterocycles. The Morgan fingerprint density at radius 3 is 2.45 bits per heavy atom. The molecule has 0 aliphatic carbocycles. The van der Waals surface area contributed by atoms with Gasteiger partial charge in [-0.05, 0) is 31.5 Å². The van der Waals surface area contributed by atoms with Crippen molar-refractivity contribution in [2.75, 3.05) is 6.54 Å². The van der Waals surface area contributed by atoms with Gasteiger partial charge < -0.3 is 5.32 Å². The Labute approximate surface area is 129 Å². The van der Waals surface area contributed by atoms with Crippen LogP contribution in [0.4, 0.5) is 0 Å². The van der Waals surface area contributed by atoms with E-state index in [1.54, 1.807) is 6.20 Å². The van der Waals surface area contributed by atoms with Gasteiger partial charge in [-0.3, -0.25) is 4.98 Å². The standard InChI is InChI=1S/C17H29ClN2/c1-3-5-6-7-8-9-10-16(19-13-4-2)17-12-11-15(18)14-20-17/h11-12,14,16,19H,3-10,13H2,1-2H3. The Hall–Kier alpha value is -0.600. The Morgan fingerprint density at radius 2 is 1.80 bits per heavy atom. The second-order valence-corrected chi connectivity index (χ2v) is 5.90. The number of hydrogen-bond donors (Lipinski definition) is 1. The molecule has 0 fully saturated rings. The van der Waals surface area contributed by atoms with Crippen molar-refractivity contribution < 1.29 is 0 Å². The molecule has 0 saturated carbocycles. The summed E-state index contributed by atoms with van der Waals surface area (Å²) >= 11 is 5.91. The number of nitrogens with one attached hydrogen (secondary N) is 1. The zero-order chi connectivity index (χ0) is 14.6. The van der Waals surface area contributed by atoms with Crippen molar-refractivity contribution in [2.45, 2.75) is 71.3 Å². The van der Waals surface area contributed by atoms with Crippen molar-refractivity contribution in [1.29, 1.82) is 0 Å². The zero-order valence-corrected chi connectivity index (χ0v) is 13.8. The molecule has 114 valence electrons. The lowest BCUT2D eigenvalue weighted by molar-refractivity contribution is 0.458. The number of unbranched alkanes of at least 4 members (excludes halogenated alkanes) is 5. The van der Waals surface area contributed by atoms with E-state index in [0.717, 1.165) is 18.7 Å². The molecule has 0 aliphatic rings. The van der Waals surface area contributed by atoms with Gasteiger partial charge in [0.1, 0.15) is 0 Å². The maximum absolute atomic E-state index is 5.91. The summed E-state index contributed by atoms with van der Waals surface area (Å²) in [5, 5.41) is 4.31. The van der Waals surface area contributed by atoms with Gasteiger partial charge in [-0.1, -0.05) is 64.0 Å². The number of nitrogens with zero attached hydrogens (tertiary/aromatic N) is 1. The molecule has 1 atom stereocenters. The monoisotopic (exact) mass is 296 g/mol. The van der Waals surface area contributed by atoms with E-state index in [0.29, 0.717) is 11.1 Å². The van der Waals surface area contributed by atoms with Gasteiger partial charge in [-0.15, -0.1) is 0 Å². The molecule has 0 amide bonds. The minimum absolute atomic E-state index is 0.374. The lowest BCUT2D eigenvalue weighted by Gasteiger charge is -2.18. The van der Waals surface area contributed by atoms with Crippen LogP contribution < -0.4 is 5.32 Å². The predicted molar refractivity (Wildman–Crippen MR) is 88.3 cm³/mol. The Morgan fingerprint density at radius 1 is 1.05 bits per heavy atom. The van der Waals surface area contributed by atoms with Gasteiger partial charge >= 0.3 is 0 Å². The Kier molecular flexibility index (Phi) is 9.69. The number of aromatic nitrogens is 1. The molecule has 1 aromatic heterocycles. The van der Waals surface area contributed by atoms with E-state index < -0.39 is 0 Å². The van der Waals surface area contributed by atoms with Crippen LogP contribution in [0.15, 0.2) is 18.3 Å². The third-order valence-electron chi connectivity index (χ3n) is 3.59. The van der Waals surface area contributed by atoms with Gasteiger partial charge in [0, 0.05) is 12.2 Å². The Bertz CT molecular complexity index is 337. The second kappa shape index (κ2) is 11.1. The van der Waals surface area contributed by atoms with E-state index in [9.17, 15) is 0 Å². The Balaban J connectivity index is 2.37. The quantitative estimate of drug-likeness (QED) is 0.543. The van der Waals surface area contributed by atoms with Crippen LogP contribution in [0.2, 0.25) is 5.02 Å². The van der Waals surface area contributed by atoms with Crippen LogP contribution in [-0.2, 0) is 0 Å². The first-order chi connectivity index (χ1) is 9.77. The number of rotatable bonds is 11. The van der Waals surface area contributed by atoms with E-state index in [2.05, 4.69) is 24.1 Å². The highest BCUT2D eigenvalue weighted by atomic mass is 35.5. The van der Waals surface area contributed by atoms with Crippen LogP contribution in [0.3, 0.4) is 0 Å². The molecule has 0 saturated heterocycles. The van der Waals surface area contributed by atoms with Gasteiger partial charge in [-0.25, -0.2) is 0 Å². The van der Waals surface area contributed by atoms with E-state index in [1.807, 2.05) is 12.1 Å².